The Morgan fingerprint density at radius 1 is 1.32 bits per heavy atom. The average Bonchev–Trinajstić information content (AvgIpc) is 2.25. The number of carbonyl (C=O) groups is 1. The highest BCUT2D eigenvalue weighted by Crippen LogP contribution is 2.25. The molecular weight excluding hydrogens is 242 g/mol. The van der Waals surface area contributed by atoms with Gasteiger partial charge in [-0.25, -0.2) is 0 Å². The molecule has 1 aromatic rings. The fraction of sp³-hybridized carbons (Fsp3) is 0.533. The van der Waals surface area contributed by atoms with Crippen LogP contribution in [-0.4, -0.2) is 42.2 Å². The van der Waals surface area contributed by atoms with E-state index >= 15 is 0 Å². The Kier molecular flexibility index (Phi) is 4.10. The molecule has 0 aliphatic carbocycles. The van der Waals surface area contributed by atoms with Crippen LogP contribution in [0.3, 0.4) is 0 Å². The van der Waals surface area contributed by atoms with Gasteiger partial charge in [0.05, 0.1) is 0 Å². The van der Waals surface area contributed by atoms with Gasteiger partial charge in [-0.3, -0.25) is 4.79 Å². The molecular formula is C15H21NO3. The number of rotatable bonds is 4. The van der Waals surface area contributed by atoms with Gasteiger partial charge in [-0.2, -0.15) is 0 Å². The molecule has 0 unspecified atom stereocenters. The van der Waals surface area contributed by atoms with Crippen LogP contribution in [0.2, 0.25) is 0 Å². The Balaban J connectivity index is 1.91. The van der Waals surface area contributed by atoms with Crippen LogP contribution in [-0.2, 0) is 4.79 Å². The summed E-state index contributed by atoms with van der Waals surface area (Å²) in [7, 11) is 0. The van der Waals surface area contributed by atoms with Crippen molar-refractivity contribution in [1.29, 1.82) is 0 Å². The maximum Gasteiger partial charge on any atom is 0.260 e. The van der Waals surface area contributed by atoms with E-state index in [0.717, 1.165) is 16.9 Å². The maximum absolute atomic E-state index is 11.9. The molecule has 4 heteroatoms. The standard InChI is InChI=1S/C15H21NO3/c1-10-4-11(2)15(12(3)5-10)19-9-14(18)16-6-13(7-16)8-17/h4-5,13,17H,6-9H2,1-3H3. The maximum atomic E-state index is 11.9. The summed E-state index contributed by atoms with van der Waals surface area (Å²) in [6.07, 6.45) is 0. The minimum Gasteiger partial charge on any atom is -0.483 e. The van der Waals surface area contributed by atoms with Crippen LogP contribution < -0.4 is 4.74 Å². The van der Waals surface area contributed by atoms with Crippen LogP contribution in [0.15, 0.2) is 12.1 Å². The topological polar surface area (TPSA) is 49.8 Å². The van der Waals surface area contributed by atoms with E-state index in [9.17, 15) is 4.79 Å². The van der Waals surface area contributed by atoms with Crippen molar-refractivity contribution in [3.63, 3.8) is 0 Å². The molecule has 0 radical (unpaired) electrons. The van der Waals surface area contributed by atoms with E-state index in [1.807, 2.05) is 20.8 Å². The zero-order valence-corrected chi connectivity index (χ0v) is 11.8. The smallest absolute Gasteiger partial charge is 0.260 e. The quantitative estimate of drug-likeness (QED) is 0.894. The molecule has 1 N–H and O–H groups in total. The molecule has 1 aliphatic rings. The van der Waals surface area contributed by atoms with Gasteiger partial charge in [0.1, 0.15) is 5.75 Å². The summed E-state index contributed by atoms with van der Waals surface area (Å²) in [6, 6.07) is 4.11. The first-order valence-electron chi connectivity index (χ1n) is 6.60. The van der Waals surface area contributed by atoms with Gasteiger partial charge in [0, 0.05) is 25.6 Å². The summed E-state index contributed by atoms with van der Waals surface area (Å²) in [5.74, 6) is 1.04. The van der Waals surface area contributed by atoms with Crippen molar-refractivity contribution >= 4 is 5.91 Å². The highest BCUT2D eigenvalue weighted by Gasteiger charge is 2.30. The normalized spacial score (nSPS) is 15.3. The van der Waals surface area contributed by atoms with E-state index in [-0.39, 0.29) is 25.0 Å². The Bertz CT molecular complexity index is 455. The first-order valence-corrected chi connectivity index (χ1v) is 6.60. The van der Waals surface area contributed by atoms with Gasteiger partial charge >= 0.3 is 0 Å². The molecule has 0 bridgehead atoms. The molecule has 2 rings (SSSR count). The molecule has 0 aromatic heterocycles. The Morgan fingerprint density at radius 3 is 2.42 bits per heavy atom. The second kappa shape index (κ2) is 5.61. The van der Waals surface area contributed by atoms with Crippen molar-refractivity contribution in [3.8, 4) is 5.75 Å². The molecule has 4 nitrogen and oxygen atoms in total. The van der Waals surface area contributed by atoms with Crippen molar-refractivity contribution in [1.82, 2.24) is 4.90 Å². The molecule has 0 atom stereocenters. The predicted molar refractivity (Wildman–Crippen MR) is 73.3 cm³/mol. The minimum absolute atomic E-state index is 0.0101. The number of benzene rings is 1. The second-order valence-corrected chi connectivity index (χ2v) is 5.36. The first-order chi connectivity index (χ1) is 9.01. The number of hydrogen-bond donors (Lipinski definition) is 1. The Morgan fingerprint density at radius 2 is 1.89 bits per heavy atom. The van der Waals surface area contributed by atoms with Crippen LogP contribution in [0.25, 0.3) is 0 Å². The highest BCUT2D eigenvalue weighted by molar-refractivity contribution is 5.78. The van der Waals surface area contributed by atoms with E-state index < -0.39 is 0 Å². The summed E-state index contributed by atoms with van der Waals surface area (Å²) in [5.41, 5.74) is 3.31. The largest absolute Gasteiger partial charge is 0.483 e. The van der Waals surface area contributed by atoms with Crippen LogP contribution in [0, 0.1) is 26.7 Å². The van der Waals surface area contributed by atoms with E-state index in [2.05, 4.69) is 12.1 Å². The number of hydrogen-bond acceptors (Lipinski definition) is 3. The van der Waals surface area contributed by atoms with Gasteiger partial charge in [0.15, 0.2) is 6.61 Å². The third-order valence-corrected chi connectivity index (χ3v) is 3.51. The Hall–Kier alpha value is -1.55. The zero-order valence-electron chi connectivity index (χ0n) is 11.8. The van der Waals surface area contributed by atoms with Crippen LogP contribution in [0.1, 0.15) is 16.7 Å². The van der Waals surface area contributed by atoms with Gasteiger partial charge in [-0.05, 0) is 31.9 Å². The van der Waals surface area contributed by atoms with Gasteiger partial charge in [0.2, 0.25) is 0 Å². The number of carbonyl (C=O) groups excluding carboxylic acids is 1. The monoisotopic (exact) mass is 263 g/mol. The minimum atomic E-state index is -0.0101. The lowest BCUT2D eigenvalue weighted by Gasteiger charge is -2.38. The number of amides is 1. The lowest BCUT2D eigenvalue weighted by Crippen LogP contribution is -2.52. The number of aliphatic hydroxyl groups excluding tert-OH is 1. The fourth-order valence-corrected chi connectivity index (χ4v) is 2.51. The van der Waals surface area contributed by atoms with E-state index in [4.69, 9.17) is 9.84 Å². The van der Waals surface area contributed by atoms with Crippen LogP contribution in [0.4, 0.5) is 0 Å². The predicted octanol–water partition coefficient (Wildman–Crippen LogP) is 1.44. The van der Waals surface area contributed by atoms with Gasteiger partial charge in [0.25, 0.3) is 5.91 Å². The molecule has 1 heterocycles. The lowest BCUT2D eigenvalue weighted by molar-refractivity contribution is -0.140. The molecule has 104 valence electrons. The van der Waals surface area contributed by atoms with Crippen molar-refractivity contribution in [2.75, 3.05) is 26.3 Å². The number of likely N-dealkylation sites (tertiary alicyclic amines) is 1. The molecule has 1 fully saturated rings. The molecule has 1 saturated heterocycles. The number of ether oxygens (including phenoxy) is 1. The van der Waals surface area contributed by atoms with Crippen LogP contribution >= 0.6 is 0 Å². The molecule has 0 spiro atoms. The molecule has 1 aliphatic heterocycles. The molecule has 19 heavy (non-hydrogen) atoms. The third-order valence-electron chi connectivity index (χ3n) is 3.51. The number of nitrogens with zero attached hydrogens (tertiary/aromatic N) is 1. The SMILES string of the molecule is Cc1cc(C)c(OCC(=O)N2CC(CO)C2)c(C)c1. The van der Waals surface area contributed by atoms with Gasteiger partial charge in [-0.1, -0.05) is 17.7 Å². The summed E-state index contributed by atoms with van der Waals surface area (Å²) in [4.78, 5) is 13.6. The third kappa shape index (κ3) is 3.07. The first kappa shape index (κ1) is 13.9. The molecule has 0 saturated carbocycles. The highest BCUT2D eigenvalue weighted by atomic mass is 16.5. The van der Waals surface area contributed by atoms with Gasteiger partial charge < -0.3 is 14.7 Å². The summed E-state index contributed by atoms with van der Waals surface area (Å²) >= 11 is 0. The van der Waals surface area contributed by atoms with Crippen molar-refractivity contribution in [2.45, 2.75) is 20.8 Å². The van der Waals surface area contributed by atoms with E-state index in [0.29, 0.717) is 13.1 Å². The molecule has 1 amide bonds. The Labute approximate surface area is 114 Å². The van der Waals surface area contributed by atoms with Crippen LogP contribution in [0.5, 0.6) is 5.75 Å². The van der Waals surface area contributed by atoms with Crippen molar-refractivity contribution < 1.29 is 14.6 Å². The fourth-order valence-electron chi connectivity index (χ4n) is 2.51. The second-order valence-electron chi connectivity index (χ2n) is 5.36. The molecule has 1 aromatic carbocycles. The van der Waals surface area contributed by atoms with Crippen molar-refractivity contribution in [2.24, 2.45) is 5.92 Å². The summed E-state index contributed by atoms with van der Waals surface area (Å²) in [5, 5.41) is 8.92. The van der Waals surface area contributed by atoms with Crippen molar-refractivity contribution in [3.05, 3.63) is 28.8 Å². The summed E-state index contributed by atoms with van der Waals surface area (Å²) in [6.45, 7) is 7.54. The zero-order chi connectivity index (χ0) is 14.0. The summed E-state index contributed by atoms with van der Waals surface area (Å²) < 4.78 is 5.66. The number of aliphatic hydroxyl groups is 1. The van der Waals surface area contributed by atoms with E-state index in [1.165, 1.54) is 5.56 Å². The number of aryl methyl sites for hydroxylation is 3. The van der Waals surface area contributed by atoms with E-state index in [1.54, 1.807) is 4.90 Å². The lowest BCUT2D eigenvalue weighted by atomic mass is 10.0. The van der Waals surface area contributed by atoms with Gasteiger partial charge in [-0.15, -0.1) is 0 Å². The average molecular weight is 263 g/mol.